The molecular formula is C20H24N2O5. The van der Waals surface area contributed by atoms with Crippen molar-refractivity contribution < 1.29 is 23.8 Å². The third-order valence-corrected chi connectivity index (χ3v) is 3.51. The third-order valence-electron chi connectivity index (χ3n) is 3.51. The maximum absolute atomic E-state index is 12.7. The lowest BCUT2D eigenvalue weighted by Crippen LogP contribution is -2.36. The van der Waals surface area contributed by atoms with Crippen molar-refractivity contribution in [3.63, 3.8) is 0 Å². The summed E-state index contributed by atoms with van der Waals surface area (Å²) in [5.74, 6) is 0.312. The van der Waals surface area contributed by atoms with Crippen LogP contribution in [0.1, 0.15) is 13.8 Å². The van der Waals surface area contributed by atoms with E-state index in [2.05, 4.69) is 5.32 Å². The van der Waals surface area contributed by atoms with Crippen molar-refractivity contribution in [1.29, 1.82) is 0 Å². The lowest BCUT2D eigenvalue weighted by molar-refractivity contribution is 0.151. The molecule has 0 aliphatic heterocycles. The predicted molar refractivity (Wildman–Crippen MR) is 103 cm³/mol. The summed E-state index contributed by atoms with van der Waals surface area (Å²) in [5, 5.41) is 2.57. The highest BCUT2D eigenvalue weighted by Gasteiger charge is 2.18. The summed E-state index contributed by atoms with van der Waals surface area (Å²) < 4.78 is 15.7. The highest BCUT2D eigenvalue weighted by Crippen LogP contribution is 2.20. The van der Waals surface area contributed by atoms with E-state index >= 15 is 0 Å². The number of hydrogen-bond donors (Lipinski definition) is 1. The molecule has 2 aromatic rings. The molecule has 2 amide bonds. The number of nitrogens with zero attached hydrogens (tertiary/aromatic N) is 1. The van der Waals surface area contributed by atoms with Crippen LogP contribution >= 0.6 is 0 Å². The first kappa shape index (κ1) is 20.3. The molecule has 0 aromatic heterocycles. The van der Waals surface area contributed by atoms with Crippen LogP contribution in [0, 0.1) is 0 Å². The van der Waals surface area contributed by atoms with Gasteiger partial charge in [0.2, 0.25) is 0 Å². The van der Waals surface area contributed by atoms with Gasteiger partial charge in [-0.25, -0.2) is 9.59 Å². The molecule has 27 heavy (non-hydrogen) atoms. The van der Waals surface area contributed by atoms with Crippen molar-refractivity contribution >= 4 is 23.6 Å². The second kappa shape index (κ2) is 10.8. The topological polar surface area (TPSA) is 77.1 Å². The van der Waals surface area contributed by atoms with Crippen LogP contribution in [-0.4, -0.2) is 38.6 Å². The minimum atomic E-state index is -0.566. The maximum Gasteiger partial charge on any atom is 0.419 e. The van der Waals surface area contributed by atoms with E-state index in [0.717, 1.165) is 0 Å². The van der Waals surface area contributed by atoms with Crippen LogP contribution in [0.3, 0.4) is 0 Å². The maximum atomic E-state index is 12.7. The first-order valence-electron chi connectivity index (χ1n) is 8.80. The predicted octanol–water partition coefficient (Wildman–Crippen LogP) is 4.30. The fourth-order valence-corrected chi connectivity index (χ4v) is 2.31. The second-order valence-corrected chi connectivity index (χ2v) is 5.43. The van der Waals surface area contributed by atoms with Gasteiger partial charge < -0.3 is 14.2 Å². The van der Waals surface area contributed by atoms with Crippen LogP contribution in [0.4, 0.5) is 21.0 Å². The van der Waals surface area contributed by atoms with Gasteiger partial charge in [0.1, 0.15) is 5.75 Å². The first-order valence-corrected chi connectivity index (χ1v) is 8.80. The molecule has 0 fully saturated rings. The van der Waals surface area contributed by atoms with Crippen molar-refractivity contribution in [2.75, 3.05) is 36.6 Å². The zero-order valence-corrected chi connectivity index (χ0v) is 15.5. The van der Waals surface area contributed by atoms with Crippen LogP contribution in [-0.2, 0) is 9.47 Å². The molecule has 2 rings (SSSR count). The van der Waals surface area contributed by atoms with Crippen LogP contribution in [0.25, 0.3) is 0 Å². The standard InChI is InChI=1S/C20H24N2O5/c1-3-25-14-13-22(17-10-6-5-7-11-17)20(24)27-18-12-8-9-16(15-18)21-19(23)26-4-2/h5-12,15H,3-4,13-14H2,1-2H3,(H,21,23). The number of carbonyl (C=O) groups excluding carboxylic acids is 2. The van der Waals surface area contributed by atoms with E-state index in [1.54, 1.807) is 31.2 Å². The van der Waals surface area contributed by atoms with Gasteiger partial charge in [-0.15, -0.1) is 0 Å². The lowest BCUT2D eigenvalue weighted by Gasteiger charge is -2.22. The zero-order valence-electron chi connectivity index (χ0n) is 15.5. The Kier molecular flexibility index (Phi) is 8.12. The van der Waals surface area contributed by atoms with E-state index in [1.165, 1.54) is 4.90 Å². The molecule has 7 heteroatoms. The lowest BCUT2D eigenvalue weighted by atomic mass is 10.3. The Labute approximate surface area is 158 Å². The highest BCUT2D eigenvalue weighted by atomic mass is 16.6. The number of para-hydroxylation sites is 1. The van der Waals surface area contributed by atoms with Crippen molar-refractivity contribution in [3.05, 3.63) is 54.6 Å². The van der Waals surface area contributed by atoms with Gasteiger partial charge in [0.25, 0.3) is 0 Å². The van der Waals surface area contributed by atoms with E-state index < -0.39 is 12.2 Å². The van der Waals surface area contributed by atoms with Crippen LogP contribution in [0.15, 0.2) is 54.6 Å². The Bertz CT molecular complexity index is 736. The highest BCUT2D eigenvalue weighted by molar-refractivity contribution is 5.89. The summed E-state index contributed by atoms with van der Waals surface area (Å²) in [5.41, 5.74) is 1.18. The van der Waals surface area contributed by atoms with E-state index in [-0.39, 0.29) is 6.61 Å². The Balaban J connectivity index is 2.08. The quantitative estimate of drug-likeness (QED) is 0.699. The molecule has 144 valence electrons. The molecule has 0 unspecified atom stereocenters. The summed E-state index contributed by atoms with van der Waals surface area (Å²) in [6.07, 6.45) is -1.10. The molecule has 0 radical (unpaired) electrons. The Morgan fingerprint density at radius 2 is 1.78 bits per heavy atom. The van der Waals surface area contributed by atoms with E-state index in [9.17, 15) is 9.59 Å². The SMILES string of the molecule is CCOCCN(C(=O)Oc1cccc(NC(=O)OCC)c1)c1ccccc1. The average molecular weight is 372 g/mol. The summed E-state index contributed by atoms with van der Waals surface area (Å²) in [6, 6.07) is 15.8. The van der Waals surface area contributed by atoms with Crippen molar-refractivity contribution in [2.45, 2.75) is 13.8 Å². The molecule has 0 saturated heterocycles. The van der Waals surface area contributed by atoms with Gasteiger partial charge in [-0.05, 0) is 38.1 Å². The first-order chi connectivity index (χ1) is 13.1. The van der Waals surface area contributed by atoms with Gasteiger partial charge in [-0.1, -0.05) is 24.3 Å². The molecule has 1 N–H and O–H groups in total. The smallest absolute Gasteiger partial charge is 0.419 e. The number of rotatable bonds is 8. The largest absolute Gasteiger partial charge is 0.450 e. The molecule has 0 saturated carbocycles. The average Bonchev–Trinajstić information content (AvgIpc) is 2.66. The zero-order chi connectivity index (χ0) is 19.5. The number of nitrogens with one attached hydrogen (secondary N) is 1. The Hall–Kier alpha value is -3.06. The normalized spacial score (nSPS) is 10.1. The molecule has 0 aliphatic carbocycles. The van der Waals surface area contributed by atoms with Crippen LogP contribution < -0.4 is 15.0 Å². The monoisotopic (exact) mass is 372 g/mol. The number of carbonyl (C=O) groups is 2. The van der Waals surface area contributed by atoms with E-state index in [0.29, 0.717) is 36.9 Å². The fraction of sp³-hybridized carbons (Fsp3) is 0.300. The van der Waals surface area contributed by atoms with Crippen molar-refractivity contribution in [1.82, 2.24) is 0 Å². The molecule has 0 atom stereocenters. The fourth-order valence-electron chi connectivity index (χ4n) is 2.31. The van der Waals surface area contributed by atoms with Gasteiger partial charge in [-0.2, -0.15) is 0 Å². The molecule has 2 aromatic carbocycles. The Morgan fingerprint density at radius 3 is 2.48 bits per heavy atom. The minimum absolute atomic E-state index is 0.270. The van der Waals surface area contributed by atoms with Gasteiger partial charge in [0, 0.05) is 24.0 Å². The summed E-state index contributed by atoms with van der Waals surface area (Å²) >= 11 is 0. The van der Waals surface area contributed by atoms with Crippen molar-refractivity contribution in [3.8, 4) is 5.75 Å². The number of benzene rings is 2. The van der Waals surface area contributed by atoms with Gasteiger partial charge in [-0.3, -0.25) is 10.2 Å². The molecule has 0 aliphatic rings. The number of hydrogen-bond acceptors (Lipinski definition) is 5. The van der Waals surface area contributed by atoms with Gasteiger partial charge in [0.05, 0.1) is 19.8 Å². The number of anilines is 2. The van der Waals surface area contributed by atoms with E-state index in [1.807, 2.05) is 37.3 Å². The van der Waals surface area contributed by atoms with Crippen molar-refractivity contribution in [2.24, 2.45) is 0 Å². The van der Waals surface area contributed by atoms with Gasteiger partial charge >= 0.3 is 12.2 Å². The summed E-state index contributed by atoms with van der Waals surface area (Å²) in [7, 11) is 0. The van der Waals surface area contributed by atoms with Gasteiger partial charge in [0.15, 0.2) is 0 Å². The third kappa shape index (κ3) is 6.63. The summed E-state index contributed by atoms with van der Waals surface area (Å²) in [4.78, 5) is 25.7. The molecule has 7 nitrogen and oxygen atoms in total. The van der Waals surface area contributed by atoms with Crippen LogP contribution in [0.2, 0.25) is 0 Å². The Morgan fingerprint density at radius 1 is 1.00 bits per heavy atom. The molecular weight excluding hydrogens is 348 g/mol. The summed E-state index contributed by atoms with van der Waals surface area (Å²) in [6.45, 7) is 5.21. The molecule has 0 bridgehead atoms. The second-order valence-electron chi connectivity index (χ2n) is 5.43. The van der Waals surface area contributed by atoms with E-state index in [4.69, 9.17) is 14.2 Å². The molecule has 0 heterocycles. The minimum Gasteiger partial charge on any atom is -0.450 e. The number of amides is 2. The van der Waals surface area contributed by atoms with Crippen LogP contribution in [0.5, 0.6) is 5.75 Å². The molecule has 0 spiro atoms. The number of ether oxygens (including phenoxy) is 3.